The van der Waals surface area contributed by atoms with Crippen LogP contribution in [0.25, 0.3) is 0 Å². The van der Waals surface area contributed by atoms with Gasteiger partial charge in [-0.15, -0.1) is 0 Å². The number of nitrogens with zero attached hydrogens (tertiary/aromatic N) is 1. The third-order valence-electron chi connectivity index (χ3n) is 3.40. The maximum Gasteiger partial charge on any atom is 0.322 e. The predicted molar refractivity (Wildman–Crippen MR) is 78.1 cm³/mol. The van der Waals surface area contributed by atoms with E-state index in [1.807, 2.05) is 6.08 Å². The van der Waals surface area contributed by atoms with Crippen molar-refractivity contribution in [3.8, 4) is 0 Å². The SMILES string of the molecule is CCc1ccc(NC2=CCN(C)C(=O)N2)cc1CC. The Morgan fingerprint density at radius 1 is 1.26 bits per heavy atom. The topological polar surface area (TPSA) is 44.4 Å². The number of urea groups is 1. The molecular formula is C15H21N3O. The van der Waals surface area contributed by atoms with Gasteiger partial charge in [0.25, 0.3) is 0 Å². The number of anilines is 1. The summed E-state index contributed by atoms with van der Waals surface area (Å²) < 4.78 is 0. The smallest absolute Gasteiger partial charge is 0.322 e. The van der Waals surface area contributed by atoms with Crippen LogP contribution in [-0.2, 0) is 12.8 Å². The molecule has 0 bridgehead atoms. The summed E-state index contributed by atoms with van der Waals surface area (Å²) in [6, 6.07) is 6.29. The van der Waals surface area contributed by atoms with Crippen molar-refractivity contribution in [1.82, 2.24) is 10.2 Å². The summed E-state index contributed by atoms with van der Waals surface area (Å²) in [5, 5.41) is 6.08. The molecule has 0 aromatic heterocycles. The Bertz CT molecular complexity index is 508. The minimum atomic E-state index is -0.0779. The third kappa shape index (κ3) is 3.08. The molecule has 2 amide bonds. The number of aryl methyl sites for hydroxylation is 2. The van der Waals surface area contributed by atoms with Crippen molar-refractivity contribution in [2.45, 2.75) is 26.7 Å². The number of benzene rings is 1. The van der Waals surface area contributed by atoms with Crippen LogP contribution >= 0.6 is 0 Å². The number of likely N-dealkylation sites (N-methyl/N-ethyl adjacent to an activating group) is 1. The molecule has 1 aliphatic heterocycles. The number of hydrogen-bond acceptors (Lipinski definition) is 2. The molecule has 0 saturated heterocycles. The molecule has 0 spiro atoms. The summed E-state index contributed by atoms with van der Waals surface area (Å²) >= 11 is 0. The van der Waals surface area contributed by atoms with Gasteiger partial charge in [-0.1, -0.05) is 19.9 Å². The van der Waals surface area contributed by atoms with Crippen molar-refractivity contribution >= 4 is 11.7 Å². The van der Waals surface area contributed by atoms with Gasteiger partial charge in [0.15, 0.2) is 0 Å². The number of nitrogens with one attached hydrogen (secondary N) is 2. The molecule has 0 unspecified atom stereocenters. The summed E-state index contributed by atoms with van der Waals surface area (Å²) in [6.45, 7) is 4.96. The molecule has 4 nitrogen and oxygen atoms in total. The van der Waals surface area contributed by atoms with E-state index in [-0.39, 0.29) is 6.03 Å². The average Bonchev–Trinajstić information content (AvgIpc) is 2.43. The molecule has 4 heteroatoms. The van der Waals surface area contributed by atoms with E-state index in [0.717, 1.165) is 24.4 Å². The first-order chi connectivity index (χ1) is 9.13. The highest BCUT2D eigenvalue weighted by atomic mass is 16.2. The summed E-state index contributed by atoms with van der Waals surface area (Å²) in [5.74, 6) is 0.759. The second-order valence-electron chi connectivity index (χ2n) is 4.74. The maximum atomic E-state index is 11.6. The minimum Gasteiger partial charge on any atom is -0.342 e. The molecular weight excluding hydrogens is 238 g/mol. The van der Waals surface area contributed by atoms with Crippen LogP contribution in [0.1, 0.15) is 25.0 Å². The lowest BCUT2D eigenvalue weighted by molar-refractivity contribution is 0.213. The zero-order valence-corrected chi connectivity index (χ0v) is 11.8. The first kappa shape index (κ1) is 13.5. The molecule has 0 radical (unpaired) electrons. The quantitative estimate of drug-likeness (QED) is 0.873. The van der Waals surface area contributed by atoms with E-state index < -0.39 is 0 Å². The molecule has 1 aromatic rings. The summed E-state index contributed by atoms with van der Waals surface area (Å²) in [7, 11) is 1.77. The molecule has 102 valence electrons. The lowest BCUT2D eigenvalue weighted by atomic mass is 10.0. The van der Waals surface area contributed by atoms with Gasteiger partial charge in [-0.05, 0) is 42.2 Å². The Morgan fingerprint density at radius 3 is 2.63 bits per heavy atom. The largest absolute Gasteiger partial charge is 0.342 e. The molecule has 2 rings (SSSR count). The standard InChI is InChI=1S/C15H21N3O/c1-4-11-6-7-13(10-12(11)5-2)16-14-8-9-18(3)15(19)17-14/h6-8,10,16H,4-5,9H2,1-3H3,(H,17,19). The summed E-state index contributed by atoms with van der Waals surface area (Å²) in [4.78, 5) is 13.2. The van der Waals surface area contributed by atoms with Gasteiger partial charge in [0.05, 0.1) is 0 Å². The summed E-state index contributed by atoms with van der Waals surface area (Å²) in [5.41, 5.74) is 3.76. The average molecular weight is 259 g/mol. The van der Waals surface area contributed by atoms with Gasteiger partial charge in [0.1, 0.15) is 5.82 Å². The zero-order valence-electron chi connectivity index (χ0n) is 11.8. The highest BCUT2D eigenvalue weighted by molar-refractivity contribution is 5.78. The fraction of sp³-hybridized carbons (Fsp3) is 0.400. The molecule has 1 aromatic carbocycles. The summed E-state index contributed by atoms with van der Waals surface area (Å²) in [6.07, 6.45) is 4.04. The van der Waals surface area contributed by atoms with Gasteiger partial charge < -0.3 is 10.2 Å². The number of amides is 2. The molecule has 0 aliphatic carbocycles. The number of carbonyl (C=O) groups excluding carboxylic acids is 1. The first-order valence-electron chi connectivity index (χ1n) is 6.75. The van der Waals surface area contributed by atoms with Gasteiger partial charge in [-0.3, -0.25) is 5.32 Å². The van der Waals surface area contributed by atoms with Crippen LogP contribution in [-0.4, -0.2) is 24.5 Å². The van der Waals surface area contributed by atoms with Crippen LogP contribution in [0, 0.1) is 0 Å². The van der Waals surface area contributed by atoms with E-state index in [2.05, 4.69) is 42.7 Å². The van der Waals surface area contributed by atoms with Crippen LogP contribution in [0.3, 0.4) is 0 Å². The van der Waals surface area contributed by atoms with Crippen LogP contribution in [0.4, 0.5) is 10.5 Å². The molecule has 0 fully saturated rings. The van der Waals surface area contributed by atoms with E-state index in [1.165, 1.54) is 11.1 Å². The van der Waals surface area contributed by atoms with E-state index in [9.17, 15) is 4.79 Å². The maximum absolute atomic E-state index is 11.6. The lowest BCUT2D eigenvalue weighted by Gasteiger charge is -2.24. The van der Waals surface area contributed by atoms with Crippen molar-refractivity contribution in [2.75, 3.05) is 18.9 Å². The second kappa shape index (κ2) is 5.78. The van der Waals surface area contributed by atoms with Crippen molar-refractivity contribution in [2.24, 2.45) is 0 Å². The second-order valence-corrected chi connectivity index (χ2v) is 4.74. The number of hydrogen-bond donors (Lipinski definition) is 2. The van der Waals surface area contributed by atoms with E-state index >= 15 is 0 Å². The van der Waals surface area contributed by atoms with E-state index in [1.54, 1.807) is 11.9 Å². The normalized spacial score (nSPS) is 15.0. The van der Waals surface area contributed by atoms with E-state index in [0.29, 0.717) is 6.54 Å². The Morgan fingerprint density at radius 2 is 2.00 bits per heavy atom. The Kier molecular flexibility index (Phi) is 4.10. The highest BCUT2D eigenvalue weighted by Crippen LogP contribution is 2.18. The predicted octanol–water partition coefficient (Wildman–Crippen LogP) is 2.72. The third-order valence-corrected chi connectivity index (χ3v) is 3.40. The highest BCUT2D eigenvalue weighted by Gasteiger charge is 2.14. The monoisotopic (exact) mass is 259 g/mol. The fourth-order valence-corrected chi connectivity index (χ4v) is 2.19. The fourth-order valence-electron chi connectivity index (χ4n) is 2.19. The van der Waals surface area contributed by atoms with Gasteiger partial charge in [-0.2, -0.15) is 0 Å². The lowest BCUT2D eigenvalue weighted by Crippen LogP contribution is -2.42. The van der Waals surface area contributed by atoms with Crippen molar-refractivity contribution < 1.29 is 4.79 Å². The molecule has 2 N–H and O–H groups in total. The van der Waals surface area contributed by atoms with Gasteiger partial charge in [0, 0.05) is 19.3 Å². The van der Waals surface area contributed by atoms with Gasteiger partial charge >= 0.3 is 6.03 Å². The van der Waals surface area contributed by atoms with Crippen LogP contribution in [0.5, 0.6) is 0 Å². The van der Waals surface area contributed by atoms with Crippen molar-refractivity contribution in [1.29, 1.82) is 0 Å². The minimum absolute atomic E-state index is 0.0779. The van der Waals surface area contributed by atoms with Crippen molar-refractivity contribution in [3.63, 3.8) is 0 Å². The zero-order chi connectivity index (χ0) is 13.8. The van der Waals surface area contributed by atoms with Crippen LogP contribution < -0.4 is 10.6 Å². The molecule has 1 aliphatic rings. The van der Waals surface area contributed by atoms with Gasteiger partial charge in [-0.25, -0.2) is 4.79 Å². The first-order valence-corrected chi connectivity index (χ1v) is 6.75. The van der Waals surface area contributed by atoms with E-state index in [4.69, 9.17) is 0 Å². The molecule has 19 heavy (non-hydrogen) atoms. The molecule has 1 heterocycles. The number of carbonyl (C=O) groups is 1. The van der Waals surface area contributed by atoms with Crippen LogP contribution in [0.15, 0.2) is 30.1 Å². The van der Waals surface area contributed by atoms with Gasteiger partial charge in [0.2, 0.25) is 0 Å². The number of rotatable bonds is 4. The Balaban J connectivity index is 2.13. The van der Waals surface area contributed by atoms with Crippen LogP contribution in [0.2, 0.25) is 0 Å². The van der Waals surface area contributed by atoms with Crippen molar-refractivity contribution in [3.05, 3.63) is 41.2 Å². The molecule has 0 atom stereocenters. The molecule has 0 saturated carbocycles. The Hall–Kier alpha value is -1.97. The Labute approximate surface area is 114 Å².